The Balaban J connectivity index is 1.97. The number of hydrogen-bond acceptors (Lipinski definition) is 3. The Morgan fingerprint density at radius 1 is 1.55 bits per heavy atom. The average molecular weight is 279 g/mol. The molecule has 2 rings (SSSR count). The maximum atomic E-state index is 12.6. The molecule has 0 N–H and O–H groups in total. The van der Waals surface area contributed by atoms with Crippen molar-refractivity contribution >= 4 is 5.91 Å². The fourth-order valence-electron chi connectivity index (χ4n) is 2.82. The highest BCUT2D eigenvalue weighted by molar-refractivity contribution is 5.93. The number of methoxy groups -OCH3 is 1. The van der Waals surface area contributed by atoms with E-state index >= 15 is 0 Å². The highest BCUT2D eigenvalue weighted by atomic mass is 16.5. The minimum absolute atomic E-state index is 0.153. The summed E-state index contributed by atoms with van der Waals surface area (Å²) < 4.78 is 7.00. The number of ether oxygens (including phenoxy) is 1. The molecular weight excluding hydrogens is 254 g/mol. The van der Waals surface area contributed by atoms with Crippen LogP contribution in [0.3, 0.4) is 0 Å². The van der Waals surface area contributed by atoms with Crippen molar-refractivity contribution in [2.75, 3.05) is 40.4 Å². The van der Waals surface area contributed by atoms with Crippen molar-refractivity contribution in [3.05, 3.63) is 24.0 Å². The summed E-state index contributed by atoms with van der Waals surface area (Å²) in [5.74, 6) is 0.153. The van der Waals surface area contributed by atoms with E-state index in [9.17, 15) is 4.79 Å². The Kier molecular flexibility index (Phi) is 5.20. The van der Waals surface area contributed by atoms with Gasteiger partial charge < -0.3 is 19.1 Å². The van der Waals surface area contributed by atoms with Crippen molar-refractivity contribution in [2.45, 2.75) is 18.9 Å². The normalized spacial score (nSPS) is 19.0. The monoisotopic (exact) mass is 279 g/mol. The second-order valence-corrected chi connectivity index (χ2v) is 5.55. The zero-order valence-corrected chi connectivity index (χ0v) is 12.7. The van der Waals surface area contributed by atoms with Gasteiger partial charge in [0, 0.05) is 46.0 Å². The molecule has 0 bridgehead atoms. The molecule has 1 aliphatic rings. The van der Waals surface area contributed by atoms with Crippen LogP contribution in [0.4, 0.5) is 0 Å². The number of nitrogens with zero attached hydrogens (tertiary/aromatic N) is 3. The summed E-state index contributed by atoms with van der Waals surface area (Å²) in [4.78, 5) is 16.9. The fraction of sp³-hybridized carbons (Fsp3) is 0.667. The predicted octanol–water partition coefficient (Wildman–Crippen LogP) is 1.21. The summed E-state index contributed by atoms with van der Waals surface area (Å²) in [6, 6.07) is 4.13. The number of aromatic nitrogens is 1. The fourth-order valence-corrected chi connectivity index (χ4v) is 2.82. The minimum Gasteiger partial charge on any atom is -0.383 e. The van der Waals surface area contributed by atoms with Crippen LogP contribution in [0.25, 0.3) is 0 Å². The number of carbonyl (C=O) groups excluding carboxylic acids is 1. The number of likely N-dealkylation sites (N-methyl/N-ethyl adjacent to an activating group) is 1. The van der Waals surface area contributed by atoms with E-state index in [1.807, 2.05) is 34.8 Å². The summed E-state index contributed by atoms with van der Waals surface area (Å²) >= 11 is 0. The Morgan fingerprint density at radius 3 is 3.00 bits per heavy atom. The summed E-state index contributed by atoms with van der Waals surface area (Å²) in [6.07, 6.45) is 4.11. The molecular formula is C15H25N3O2. The van der Waals surface area contributed by atoms with Crippen LogP contribution < -0.4 is 0 Å². The van der Waals surface area contributed by atoms with Gasteiger partial charge in [-0.2, -0.15) is 0 Å². The van der Waals surface area contributed by atoms with E-state index in [1.165, 1.54) is 0 Å². The van der Waals surface area contributed by atoms with E-state index in [1.54, 1.807) is 7.11 Å². The molecule has 20 heavy (non-hydrogen) atoms. The van der Waals surface area contributed by atoms with Crippen LogP contribution in [0.2, 0.25) is 0 Å². The topological polar surface area (TPSA) is 37.7 Å². The van der Waals surface area contributed by atoms with E-state index in [-0.39, 0.29) is 5.91 Å². The second kappa shape index (κ2) is 6.90. The molecule has 0 aromatic carbocycles. The summed E-state index contributed by atoms with van der Waals surface area (Å²) in [7, 11) is 5.72. The highest BCUT2D eigenvalue weighted by Gasteiger charge is 2.30. The van der Waals surface area contributed by atoms with Gasteiger partial charge in [-0.25, -0.2) is 0 Å². The Labute approximate surface area is 121 Å². The van der Waals surface area contributed by atoms with E-state index in [4.69, 9.17) is 4.74 Å². The average Bonchev–Trinajstić information content (AvgIpc) is 3.04. The van der Waals surface area contributed by atoms with Gasteiger partial charge in [0.15, 0.2) is 0 Å². The van der Waals surface area contributed by atoms with Crippen molar-refractivity contribution < 1.29 is 9.53 Å². The minimum atomic E-state index is 0.153. The van der Waals surface area contributed by atoms with Crippen molar-refractivity contribution in [2.24, 2.45) is 7.05 Å². The number of carbonyl (C=O) groups is 1. The number of aryl methyl sites for hydroxylation is 1. The van der Waals surface area contributed by atoms with Gasteiger partial charge >= 0.3 is 0 Å². The molecule has 0 spiro atoms. The molecule has 0 saturated carbocycles. The van der Waals surface area contributed by atoms with Gasteiger partial charge in [0.25, 0.3) is 5.91 Å². The standard InChI is InChI=1S/C15H25N3O2/c1-16(10-11-20-3)12-13-6-4-9-18(13)15(19)14-7-5-8-17(14)2/h5,7-8,13H,4,6,9-12H2,1-3H3. The molecule has 0 aliphatic carbocycles. The molecule has 5 heteroatoms. The quantitative estimate of drug-likeness (QED) is 0.785. The molecule has 1 aromatic rings. The molecule has 1 saturated heterocycles. The van der Waals surface area contributed by atoms with Crippen LogP contribution in [-0.4, -0.2) is 66.7 Å². The van der Waals surface area contributed by atoms with Gasteiger partial charge in [0.05, 0.1) is 6.61 Å². The first-order valence-corrected chi connectivity index (χ1v) is 7.23. The van der Waals surface area contributed by atoms with Crippen molar-refractivity contribution in [1.82, 2.24) is 14.4 Å². The highest BCUT2D eigenvalue weighted by Crippen LogP contribution is 2.20. The first-order chi connectivity index (χ1) is 9.63. The lowest BCUT2D eigenvalue weighted by Gasteiger charge is -2.28. The largest absolute Gasteiger partial charge is 0.383 e. The van der Waals surface area contributed by atoms with Crippen LogP contribution >= 0.6 is 0 Å². The Morgan fingerprint density at radius 2 is 2.35 bits per heavy atom. The van der Waals surface area contributed by atoms with Gasteiger partial charge in [0.2, 0.25) is 0 Å². The van der Waals surface area contributed by atoms with Crippen LogP contribution in [0.1, 0.15) is 23.3 Å². The van der Waals surface area contributed by atoms with Crippen molar-refractivity contribution in [3.63, 3.8) is 0 Å². The zero-order valence-electron chi connectivity index (χ0n) is 12.7. The van der Waals surface area contributed by atoms with E-state index < -0.39 is 0 Å². The summed E-state index contributed by atoms with van der Waals surface area (Å²) in [5.41, 5.74) is 0.774. The lowest BCUT2D eigenvalue weighted by atomic mass is 10.2. The molecule has 5 nitrogen and oxygen atoms in total. The third-order valence-corrected chi connectivity index (χ3v) is 4.00. The van der Waals surface area contributed by atoms with E-state index in [2.05, 4.69) is 11.9 Å². The van der Waals surface area contributed by atoms with E-state index in [0.717, 1.165) is 44.8 Å². The van der Waals surface area contributed by atoms with Crippen LogP contribution in [-0.2, 0) is 11.8 Å². The Hall–Kier alpha value is -1.33. The molecule has 1 fully saturated rings. The first kappa shape index (κ1) is 15.1. The van der Waals surface area contributed by atoms with E-state index in [0.29, 0.717) is 6.04 Å². The maximum Gasteiger partial charge on any atom is 0.270 e. The molecule has 1 amide bonds. The molecule has 1 aromatic heterocycles. The van der Waals surface area contributed by atoms with Gasteiger partial charge in [-0.05, 0) is 32.0 Å². The molecule has 0 radical (unpaired) electrons. The molecule has 1 aliphatic heterocycles. The smallest absolute Gasteiger partial charge is 0.270 e. The Bertz CT molecular complexity index is 444. The summed E-state index contributed by atoms with van der Waals surface area (Å²) in [6.45, 7) is 3.42. The van der Waals surface area contributed by atoms with Crippen molar-refractivity contribution in [3.8, 4) is 0 Å². The lowest BCUT2D eigenvalue weighted by Crippen LogP contribution is -2.43. The zero-order chi connectivity index (χ0) is 14.5. The molecule has 1 unspecified atom stereocenters. The molecule has 1 atom stereocenters. The van der Waals surface area contributed by atoms with Gasteiger partial charge in [-0.1, -0.05) is 0 Å². The first-order valence-electron chi connectivity index (χ1n) is 7.23. The van der Waals surface area contributed by atoms with Crippen LogP contribution in [0.5, 0.6) is 0 Å². The third-order valence-electron chi connectivity index (χ3n) is 4.00. The molecule has 112 valence electrons. The van der Waals surface area contributed by atoms with Crippen molar-refractivity contribution in [1.29, 1.82) is 0 Å². The maximum absolute atomic E-state index is 12.6. The lowest BCUT2D eigenvalue weighted by molar-refractivity contribution is 0.0688. The van der Waals surface area contributed by atoms with Crippen LogP contribution in [0.15, 0.2) is 18.3 Å². The SMILES string of the molecule is COCCN(C)CC1CCCN1C(=O)c1cccn1C. The number of likely N-dealkylation sites (tertiary alicyclic amines) is 1. The number of amides is 1. The van der Waals surface area contributed by atoms with Gasteiger partial charge in [-0.15, -0.1) is 0 Å². The number of hydrogen-bond donors (Lipinski definition) is 0. The molecule has 2 heterocycles. The predicted molar refractivity (Wildman–Crippen MR) is 78.8 cm³/mol. The second-order valence-electron chi connectivity index (χ2n) is 5.55. The third kappa shape index (κ3) is 3.41. The van der Waals surface area contributed by atoms with Gasteiger partial charge in [0.1, 0.15) is 5.69 Å². The summed E-state index contributed by atoms with van der Waals surface area (Å²) in [5, 5.41) is 0. The van der Waals surface area contributed by atoms with Gasteiger partial charge in [-0.3, -0.25) is 4.79 Å². The van der Waals surface area contributed by atoms with Crippen LogP contribution in [0, 0.1) is 0 Å². The number of rotatable bonds is 6.